The average molecular weight is 552 g/mol. The van der Waals surface area contributed by atoms with Gasteiger partial charge in [0, 0.05) is 54.3 Å². The predicted molar refractivity (Wildman–Crippen MR) is 155 cm³/mol. The highest BCUT2D eigenvalue weighted by Crippen LogP contribution is 2.42. The smallest absolute Gasteiger partial charge is 0.338 e. The van der Waals surface area contributed by atoms with Gasteiger partial charge in [-0.25, -0.2) is 9.37 Å². The van der Waals surface area contributed by atoms with Crippen LogP contribution in [0.3, 0.4) is 0 Å². The van der Waals surface area contributed by atoms with Crippen molar-refractivity contribution < 1.29 is 26.9 Å². The number of hydrogen-bond donors (Lipinski definition) is 1. The number of carbonyl (C=O) groups is 1. The van der Waals surface area contributed by atoms with E-state index in [2.05, 4.69) is 24.9 Å². The first-order valence-electron chi connectivity index (χ1n) is 13.0. The molecule has 2 aromatic rings. The van der Waals surface area contributed by atoms with Gasteiger partial charge in [-0.2, -0.15) is 8.42 Å². The lowest BCUT2D eigenvalue weighted by Gasteiger charge is -2.21. The molecule has 0 radical (unpaired) electrons. The van der Waals surface area contributed by atoms with Crippen LogP contribution in [-0.4, -0.2) is 59.0 Å². The molecule has 206 valence electrons. The van der Waals surface area contributed by atoms with Crippen molar-refractivity contribution in [3.8, 4) is 22.5 Å². The number of benzene rings is 3. The summed E-state index contributed by atoms with van der Waals surface area (Å²) in [7, 11) is 1.28. The highest BCUT2D eigenvalue weighted by atomic mass is 32.2. The Hall–Kier alpha value is -3.69. The minimum Gasteiger partial charge on any atom is -0.465 e. The summed E-state index contributed by atoms with van der Waals surface area (Å²) >= 11 is 0. The summed E-state index contributed by atoms with van der Waals surface area (Å²) < 4.78 is 44.8. The molecule has 1 heterocycles. The summed E-state index contributed by atoms with van der Waals surface area (Å²) in [6.07, 6.45) is 2.46. The molecule has 0 saturated carbocycles. The second-order valence-electron chi connectivity index (χ2n) is 9.71. The Morgan fingerprint density at radius 3 is 2.54 bits per heavy atom. The zero-order chi connectivity index (χ0) is 28.2. The van der Waals surface area contributed by atoms with Crippen molar-refractivity contribution in [2.75, 3.05) is 44.9 Å². The standard InChI is InChI=1S/C30H34N2O6S/c1-5-6-16-31(2)21-12-14-25-27(19-21)38-28-20-22(32(3)17-9-18-39(34,35)36)13-15-26(28)29(25)23-10-7-8-11-24(23)30(33)37-4/h7-8,10-15,19-20H,5-6,9,16-18H2,1-4H3/p+1. The molecule has 1 aliphatic carbocycles. The number of fused-ring (bicyclic) bond motifs is 2. The Balaban J connectivity index is 1.95. The van der Waals surface area contributed by atoms with Crippen molar-refractivity contribution in [3.63, 3.8) is 0 Å². The number of carbonyl (C=O) groups excluding carboxylic acids is 1. The quantitative estimate of drug-likeness (QED) is 0.129. The Morgan fingerprint density at radius 1 is 1.05 bits per heavy atom. The number of esters is 1. The van der Waals surface area contributed by atoms with Crippen molar-refractivity contribution in [2.24, 2.45) is 0 Å². The molecule has 2 aromatic carbocycles. The molecule has 2 aliphatic rings. The van der Waals surface area contributed by atoms with Crippen LogP contribution in [0.1, 0.15) is 36.5 Å². The molecule has 0 unspecified atom stereocenters. The molecule has 0 amide bonds. The maximum atomic E-state index is 12.7. The van der Waals surface area contributed by atoms with Gasteiger partial charge >= 0.3 is 5.97 Å². The van der Waals surface area contributed by atoms with Crippen molar-refractivity contribution in [1.82, 2.24) is 4.58 Å². The number of hydrogen-bond acceptors (Lipinski definition) is 6. The zero-order valence-corrected chi connectivity index (χ0v) is 23.6. The number of anilines is 1. The Labute approximate surface area is 229 Å². The summed E-state index contributed by atoms with van der Waals surface area (Å²) in [5.74, 6) is -0.0913. The number of unbranched alkanes of at least 4 members (excludes halogenated alkanes) is 1. The topological polar surface area (TPSA) is 100 Å². The van der Waals surface area contributed by atoms with E-state index in [1.54, 1.807) is 6.07 Å². The van der Waals surface area contributed by atoms with Gasteiger partial charge in [0.05, 0.1) is 24.5 Å². The Bertz CT molecular complexity index is 1640. The van der Waals surface area contributed by atoms with Gasteiger partial charge in [-0.1, -0.05) is 31.5 Å². The van der Waals surface area contributed by atoms with Gasteiger partial charge in [0.2, 0.25) is 5.36 Å². The van der Waals surface area contributed by atoms with Crippen LogP contribution in [0.4, 0.5) is 5.69 Å². The van der Waals surface area contributed by atoms with Gasteiger partial charge in [0.1, 0.15) is 24.9 Å². The molecule has 0 fully saturated rings. The molecular weight excluding hydrogens is 516 g/mol. The van der Waals surface area contributed by atoms with E-state index >= 15 is 0 Å². The molecule has 4 rings (SSSR count). The molecule has 0 spiro atoms. The van der Waals surface area contributed by atoms with Crippen molar-refractivity contribution in [1.29, 1.82) is 0 Å². The molecule has 0 aromatic heterocycles. The van der Waals surface area contributed by atoms with Crippen LogP contribution in [0, 0.1) is 0 Å². The fourth-order valence-corrected chi connectivity index (χ4v) is 5.25. The first-order chi connectivity index (χ1) is 18.6. The van der Waals surface area contributed by atoms with E-state index < -0.39 is 16.1 Å². The summed E-state index contributed by atoms with van der Waals surface area (Å²) in [6, 6.07) is 19.3. The molecule has 9 heteroatoms. The number of rotatable bonds is 10. The summed E-state index contributed by atoms with van der Waals surface area (Å²) in [4.78, 5) is 14.9. The molecule has 39 heavy (non-hydrogen) atoms. The van der Waals surface area contributed by atoms with Gasteiger partial charge in [0.15, 0.2) is 0 Å². The third-order valence-corrected chi connectivity index (χ3v) is 7.72. The maximum Gasteiger partial charge on any atom is 0.338 e. The molecule has 0 atom stereocenters. The van der Waals surface area contributed by atoms with Crippen molar-refractivity contribution >= 4 is 32.7 Å². The van der Waals surface area contributed by atoms with Crippen LogP contribution < -0.4 is 14.8 Å². The molecule has 1 N–H and O–H groups in total. The second-order valence-corrected chi connectivity index (χ2v) is 11.3. The van der Waals surface area contributed by atoms with Gasteiger partial charge in [-0.15, -0.1) is 0 Å². The normalized spacial score (nSPS) is 12.5. The summed E-state index contributed by atoms with van der Waals surface area (Å²) in [5.41, 5.74) is 4.63. The maximum absolute atomic E-state index is 12.7. The lowest BCUT2D eigenvalue weighted by atomic mass is 9.90. The number of ether oxygens (including phenoxy) is 1. The molecule has 1 aliphatic heterocycles. The Morgan fingerprint density at radius 2 is 1.82 bits per heavy atom. The fourth-order valence-electron chi connectivity index (χ4n) is 4.76. The first kappa shape index (κ1) is 28.3. The predicted octanol–water partition coefficient (Wildman–Crippen LogP) is 4.91. The van der Waals surface area contributed by atoms with Crippen LogP contribution in [0.25, 0.3) is 33.4 Å². The summed E-state index contributed by atoms with van der Waals surface area (Å²) in [6.45, 7) is 3.52. The van der Waals surface area contributed by atoms with Crippen molar-refractivity contribution in [3.05, 3.63) is 71.6 Å². The van der Waals surface area contributed by atoms with Crippen LogP contribution >= 0.6 is 0 Å². The molecule has 0 bridgehead atoms. The SMILES string of the molecule is CCCCN(C)c1ccc2c(-c3ccccc3C(=O)OC)c3ccc(=[N+](C)CCCS(=O)(=O)O)cc-3oc2c1. The molecule has 0 saturated heterocycles. The van der Waals surface area contributed by atoms with Crippen LogP contribution in [0.2, 0.25) is 0 Å². The molecule has 8 nitrogen and oxygen atoms in total. The zero-order valence-electron chi connectivity index (χ0n) is 22.8. The van der Waals surface area contributed by atoms with E-state index in [9.17, 15) is 13.2 Å². The van der Waals surface area contributed by atoms with E-state index in [0.29, 0.717) is 23.5 Å². The van der Waals surface area contributed by atoms with Gasteiger partial charge in [0.25, 0.3) is 10.1 Å². The minimum atomic E-state index is -4.01. The minimum absolute atomic E-state index is 0.285. The van der Waals surface area contributed by atoms with Gasteiger partial charge in [-0.3, -0.25) is 4.55 Å². The Kier molecular flexibility index (Phi) is 8.72. The fraction of sp³-hybridized carbons (Fsp3) is 0.333. The second kappa shape index (κ2) is 12.0. The third kappa shape index (κ3) is 6.49. The first-order valence-corrected chi connectivity index (χ1v) is 14.6. The monoisotopic (exact) mass is 551 g/mol. The third-order valence-electron chi connectivity index (χ3n) is 6.92. The van der Waals surface area contributed by atoms with E-state index in [4.69, 9.17) is 13.7 Å². The van der Waals surface area contributed by atoms with E-state index in [0.717, 1.165) is 52.5 Å². The van der Waals surface area contributed by atoms with Crippen LogP contribution in [0.5, 0.6) is 0 Å². The molecular formula is C30H35N2O6S+. The van der Waals surface area contributed by atoms with Crippen LogP contribution in [0.15, 0.2) is 65.1 Å². The summed E-state index contributed by atoms with van der Waals surface area (Å²) in [5, 5.41) is 1.71. The number of nitrogens with zero attached hydrogens (tertiary/aromatic N) is 2. The lowest BCUT2D eigenvalue weighted by Crippen LogP contribution is -2.28. The highest BCUT2D eigenvalue weighted by molar-refractivity contribution is 7.85. The van der Waals surface area contributed by atoms with E-state index in [1.807, 2.05) is 60.2 Å². The highest BCUT2D eigenvalue weighted by Gasteiger charge is 2.23. The lowest BCUT2D eigenvalue weighted by molar-refractivity contribution is 0.0601. The van der Waals surface area contributed by atoms with Crippen molar-refractivity contribution in [2.45, 2.75) is 26.2 Å². The number of methoxy groups -OCH3 is 1. The van der Waals surface area contributed by atoms with E-state index in [-0.39, 0.29) is 12.2 Å². The average Bonchev–Trinajstić information content (AvgIpc) is 2.92. The van der Waals surface area contributed by atoms with Crippen LogP contribution in [-0.2, 0) is 14.9 Å². The largest absolute Gasteiger partial charge is 0.465 e. The van der Waals surface area contributed by atoms with Gasteiger partial charge < -0.3 is 14.1 Å². The van der Waals surface area contributed by atoms with E-state index in [1.165, 1.54) is 7.11 Å². The van der Waals surface area contributed by atoms with Gasteiger partial charge in [-0.05, 0) is 36.2 Å².